The van der Waals surface area contributed by atoms with Crippen LogP contribution in [-0.4, -0.2) is 25.7 Å². The highest BCUT2D eigenvalue weighted by Crippen LogP contribution is 2.16. The molecule has 0 spiro atoms. The van der Waals surface area contributed by atoms with Gasteiger partial charge in [0.25, 0.3) is 0 Å². The van der Waals surface area contributed by atoms with Crippen molar-refractivity contribution < 1.29 is 13.2 Å². The standard InChI is InChI=1S/C9H15N3O3S2/c1-6(2)4-10-17(14,15)12-9-11-8(5-16-9)7(3)13/h5-6,10H,4H2,1-3H3,(H,11,12). The highest BCUT2D eigenvalue weighted by molar-refractivity contribution is 7.91. The van der Waals surface area contributed by atoms with Gasteiger partial charge in [0.1, 0.15) is 5.69 Å². The lowest BCUT2D eigenvalue weighted by Gasteiger charge is -2.08. The molecular weight excluding hydrogens is 262 g/mol. The molecule has 0 atom stereocenters. The smallest absolute Gasteiger partial charge is 0.293 e. The van der Waals surface area contributed by atoms with Gasteiger partial charge in [-0.3, -0.25) is 4.79 Å². The predicted molar refractivity (Wildman–Crippen MR) is 67.5 cm³/mol. The number of hydrogen-bond acceptors (Lipinski definition) is 5. The van der Waals surface area contributed by atoms with Gasteiger partial charge in [0.05, 0.1) is 0 Å². The van der Waals surface area contributed by atoms with E-state index in [4.69, 9.17) is 0 Å². The number of anilines is 1. The number of hydrogen-bond donors (Lipinski definition) is 2. The lowest BCUT2D eigenvalue weighted by atomic mass is 10.2. The summed E-state index contributed by atoms with van der Waals surface area (Å²) in [6, 6.07) is 0. The SMILES string of the molecule is CC(=O)c1csc(NS(=O)(=O)NCC(C)C)n1. The van der Waals surface area contributed by atoms with Crippen molar-refractivity contribution in [3.05, 3.63) is 11.1 Å². The summed E-state index contributed by atoms with van der Waals surface area (Å²) >= 11 is 1.08. The topological polar surface area (TPSA) is 88.2 Å². The summed E-state index contributed by atoms with van der Waals surface area (Å²) < 4.78 is 27.7. The zero-order valence-corrected chi connectivity index (χ0v) is 11.5. The third kappa shape index (κ3) is 4.80. The normalized spacial score (nSPS) is 11.8. The molecule has 1 rings (SSSR count). The number of Topliss-reactive ketones (excluding diaryl/α,β-unsaturated/α-hetero) is 1. The fraction of sp³-hybridized carbons (Fsp3) is 0.556. The van der Waals surface area contributed by atoms with Gasteiger partial charge in [0, 0.05) is 18.8 Å². The molecule has 1 aromatic rings. The van der Waals surface area contributed by atoms with Gasteiger partial charge in [-0.1, -0.05) is 13.8 Å². The summed E-state index contributed by atoms with van der Waals surface area (Å²) in [5, 5.41) is 1.70. The Morgan fingerprint density at radius 3 is 2.65 bits per heavy atom. The maximum absolute atomic E-state index is 11.5. The molecule has 0 saturated carbocycles. The van der Waals surface area contributed by atoms with Gasteiger partial charge in [-0.05, 0) is 5.92 Å². The average molecular weight is 277 g/mol. The summed E-state index contributed by atoms with van der Waals surface area (Å²) in [4.78, 5) is 14.9. The molecule has 0 bridgehead atoms. The molecule has 1 heterocycles. The summed E-state index contributed by atoms with van der Waals surface area (Å²) in [6.45, 7) is 5.53. The van der Waals surface area contributed by atoms with E-state index in [-0.39, 0.29) is 22.5 Å². The molecule has 0 aliphatic rings. The molecule has 0 radical (unpaired) electrons. The van der Waals surface area contributed by atoms with Crippen molar-refractivity contribution in [3.63, 3.8) is 0 Å². The molecule has 2 N–H and O–H groups in total. The number of ketones is 1. The summed E-state index contributed by atoms with van der Waals surface area (Å²) in [5.41, 5.74) is 0.261. The lowest BCUT2D eigenvalue weighted by Crippen LogP contribution is -2.32. The second-order valence-corrected chi connectivity index (χ2v) is 6.30. The number of thiazole rings is 1. The van der Waals surface area contributed by atoms with E-state index >= 15 is 0 Å². The molecule has 0 saturated heterocycles. The van der Waals surface area contributed by atoms with Crippen LogP contribution in [-0.2, 0) is 10.2 Å². The maximum atomic E-state index is 11.5. The molecule has 0 aliphatic heterocycles. The molecule has 17 heavy (non-hydrogen) atoms. The van der Waals surface area contributed by atoms with Crippen molar-refractivity contribution in [1.29, 1.82) is 0 Å². The Bertz CT molecular complexity index is 493. The van der Waals surface area contributed by atoms with Crippen LogP contribution in [0.15, 0.2) is 5.38 Å². The molecule has 0 amide bonds. The maximum Gasteiger partial charge on any atom is 0.300 e. The molecule has 1 aromatic heterocycles. The first-order valence-corrected chi connectivity index (χ1v) is 7.40. The lowest BCUT2D eigenvalue weighted by molar-refractivity contribution is 0.101. The highest BCUT2D eigenvalue weighted by atomic mass is 32.2. The van der Waals surface area contributed by atoms with Crippen LogP contribution >= 0.6 is 11.3 Å². The van der Waals surface area contributed by atoms with Crippen LogP contribution in [0.3, 0.4) is 0 Å². The van der Waals surface area contributed by atoms with Gasteiger partial charge in [0.2, 0.25) is 0 Å². The first-order chi connectivity index (χ1) is 7.80. The van der Waals surface area contributed by atoms with Crippen LogP contribution in [0.2, 0.25) is 0 Å². The molecule has 8 heteroatoms. The average Bonchev–Trinajstić information content (AvgIpc) is 2.63. The molecule has 6 nitrogen and oxygen atoms in total. The van der Waals surface area contributed by atoms with Gasteiger partial charge in [0.15, 0.2) is 10.9 Å². The van der Waals surface area contributed by atoms with Crippen LogP contribution in [0.25, 0.3) is 0 Å². The van der Waals surface area contributed by atoms with Gasteiger partial charge in [-0.25, -0.2) is 9.71 Å². The third-order valence-corrected chi connectivity index (χ3v) is 3.66. The molecular formula is C9H15N3O3S2. The zero-order chi connectivity index (χ0) is 13.1. The Balaban J connectivity index is 2.66. The minimum Gasteiger partial charge on any atom is -0.293 e. The quantitative estimate of drug-likeness (QED) is 0.766. The third-order valence-electron chi connectivity index (χ3n) is 1.77. The van der Waals surface area contributed by atoms with Gasteiger partial charge < -0.3 is 0 Å². The van der Waals surface area contributed by atoms with Crippen LogP contribution in [0.4, 0.5) is 5.13 Å². The minimum atomic E-state index is -3.61. The first-order valence-electron chi connectivity index (χ1n) is 5.04. The number of nitrogens with zero attached hydrogens (tertiary/aromatic N) is 1. The van der Waals surface area contributed by atoms with Crippen LogP contribution in [0, 0.1) is 5.92 Å². The molecule has 0 aromatic carbocycles. The molecule has 96 valence electrons. The van der Waals surface area contributed by atoms with Gasteiger partial charge in [-0.15, -0.1) is 11.3 Å². The fourth-order valence-electron chi connectivity index (χ4n) is 0.910. The van der Waals surface area contributed by atoms with E-state index in [1.165, 1.54) is 12.3 Å². The van der Waals surface area contributed by atoms with Crippen LogP contribution < -0.4 is 9.44 Å². The van der Waals surface area contributed by atoms with Gasteiger partial charge in [-0.2, -0.15) is 13.1 Å². The van der Waals surface area contributed by atoms with Crippen molar-refractivity contribution in [1.82, 2.24) is 9.71 Å². The van der Waals surface area contributed by atoms with E-state index in [9.17, 15) is 13.2 Å². The number of carbonyl (C=O) groups is 1. The molecule has 0 fully saturated rings. The predicted octanol–water partition coefficient (Wildman–Crippen LogP) is 1.25. The monoisotopic (exact) mass is 277 g/mol. The summed E-state index contributed by atoms with van der Waals surface area (Å²) in [5.74, 6) is 0.0255. The Morgan fingerprint density at radius 2 is 2.18 bits per heavy atom. The second-order valence-electron chi connectivity index (χ2n) is 3.94. The number of carbonyl (C=O) groups excluding carboxylic acids is 1. The second kappa shape index (κ2) is 5.56. The van der Waals surface area contributed by atoms with Crippen molar-refractivity contribution >= 4 is 32.5 Å². The van der Waals surface area contributed by atoms with E-state index in [1.54, 1.807) is 0 Å². The number of aromatic nitrogens is 1. The van der Waals surface area contributed by atoms with Crippen LogP contribution in [0.1, 0.15) is 31.3 Å². The zero-order valence-electron chi connectivity index (χ0n) is 9.85. The number of rotatable bonds is 6. The van der Waals surface area contributed by atoms with E-state index in [2.05, 4.69) is 14.4 Å². The van der Waals surface area contributed by atoms with E-state index < -0.39 is 10.2 Å². The Kier molecular flexibility index (Phi) is 4.61. The summed E-state index contributed by atoms with van der Waals surface area (Å²) in [7, 11) is -3.61. The van der Waals surface area contributed by atoms with Gasteiger partial charge >= 0.3 is 10.2 Å². The largest absolute Gasteiger partial charge is 0.300 e. The minimum absolute atomic E-state index is 0.187. The molecule has 0 aliphatic carbocycles. The highest BCUT2D eigenvalue weighted by Gasteiger charge is 2.13. The van der Waals surface area contributed by atoms with Crippen molar-refractivity contribution in [2.45, 2.75) is 20.8 Å². The van der Waals surface area contributed by atoms with Crippen molar-refractivity contribution in [2.75, 3.05) is 11.3 Å². The summed E-state index contributed by atoms with van der Waals surface area (Å²) in [6.07, 6.45) is 0. The first kappa shape index (κ1) is 14.1. The van der Waals surface area contributed by atoms with E-state index in [0.29, 0.717) is 6.54 Å². The van der Waals surface area contributed by atoms with Crippen LogP contribution in [0.5, 0.6) is 0 Å². The van der Waals surface area contributed by atoms with Crippen molar-refractivity contribution in [3.8, 4) is 0 Å². The Labute approximate surface area is 105 Å². The fourth-order valence-corrected chi connectivity index (χ4v) is 2.92. The Hall–Kier alpha value is -0.990. The number of nitrogens with one attached hydrogen (secondary N) is 2. The molecule has 0 unspecified atom stereocenters. The Morgan fingerprint density at radius 1 is 1.53 bits per heavy atom. The van der Waals surface area contributed by atoms with E-state index in [1.807, 2.05) is 13.8 Å². The van der Waals surface area contributed by atoms with Crippen molar-refractivity contribution in [2.24, 2.45) is 5.92 Å². The van der Waals surface area contributed by atoms with E-state index in [0.717, 1.165) is 11.3 Å².